The van der Waals surface area contributed by atoms with Gasteiger partial charge in [-0.2, -0.15) is 0 Å². The van der Waals surface area contributed by atoms with Crippen molar-refractivity contribution in [1.82, 2.24) is 0 Å². The minimum atomic E-state index is -4.58. The van der Waals surface area contributed by atoms with Crippen LogP contribution in [0.5, 0.6) is 0 Å². The van der Waals surface area contributed by atoms with Crippen LogP contribution in [0.25, 0.3) is 0 Å². The van der Waals surface area contributed by atoms with E-state index < -0.39 is 22.0 Å². The van der Waals surface area contributed by atoms with Crippen molar-refractivity contribution in [2.45, 2.75) is 83.2 Å². The quantitative estimate of drug-likeness (QED) is 0.0772. The van der Waals surface area contributed by atoms with Gasteiger partial charge in [0, 0.05) is 6.42 Å². The Kier molecular flexibility index (Phi) is 18.1. The molecular formula is C23H42N2NaO6S+. The molecule has 2 atom stereocenters. The average molecular weight is 498 g/mol. The first kappa shape index (κ1) is 32.9. The van der Waals surface area contributed by atoms with Crippen LogP contribution in [0.1, 0.15) is 77.0 Å². The number of unbranched alkanes of at least 4 members (excludes halogenated alkanes) is 10. The van der Waals surface area contributed by atoms with Crippen LogP contribution in [0, 0.1) is 0 Å². The van der Waals surface area contributed by atoms with Crippen molar-refractivity contribution in [2.75, 3.05) is 38.5 Å². The summed E-state index contributed by atoms with van der Waals surface area (Å²) in [5, 5.41) is 19.6. The second-order valence-electron chi connectivity index (χ2n) is 8.87. The Morgan fingerprint density at radius 1 is 1.09 bits per heavy atom. The van der Waals surface area contributed by atoms with E-state index in [0.29, 0.717) is 19.5 Å². The summed E-state index contributed by atoms with van der Waals surface area (Å²) in [5.41, 5.74) is 0. The van der Waals surface area contributed by atoms with Crippen molar-refractivity contribution in [1.29, 1.82) is 0 Å². The van der Waals surface area contributed by atoms with Gasteiger partial charge in [-0.3, -0.25) is 9.28 Å². The Hall–Kier alpha value is -0.130. The molecule has 186 valence electrons. The van der Waals surface area contributed by atoms with Crippen molar-refractivity contribution < 1.29 is 62.0 Å². The molecule has 8 nitrogen and oxygen atoms in total. The third kappa shape index (κ3) is 14.1. The monoisotopic (exact) mass is 497 g/mol. The van der Waals surface area contributed by atoms with Crippen molar-refractivity contribution in [2.24, 2.45) is 4.99 Å². The van der Waals surface area contributed by atoms with E-state index in [9.17, 15) is 28.0 Å². The fourth-order valence-corrected chi connectivity index (χ4v) is 5.00. The number of carbonyl (C=O) groups excluding carboxylic acids is 1. The number of aliphatic imine (C=N–C) groups is 1. The second kappa shape index (κ2) is 18.2. The smallest absolute Gasteiger partial charge is 0.748 e. The van der Waals surface area contributed by atoms with Gasteiger partial charge in [0.2, 0.25) is 5.78 Å². The molecule has 0 aromatic rings. The maximum absolute atomic E-state index is 12.8. The van der Waals surface area contributed by atoms with E-state index in [0.717, 1.165) is 25.7 Å². The molecule has 1 aliphatic rings. The van der Waals surface area contributed by atoms with Crippen LogP contribution in [0.2, 0.25) is 0 Å². The largest absolute Gasteiger partial charge is 1.00 e. The number of allylic oxidation sites excluding steroid dienone is 1. The van der Waals surface area contributed by atoms with E-state index in [1.165, 1.54) is 44.9 Å². The number of nitrogens with zero attached hydrogens (tertiary/aromatic N) is 2. The SMILES string of the molecule is C=CCCCCCCCCCCCCC(=O)C1=NCC[N+]1(CCO)CC(O)CS(=O)(=O)[O-].[Na+]. The van der Waals surface area contributed by atoms with Gasteiger partial charge in [0.15, 0.2) is 0 Å². The Morgan fingerprint density at radius 3 is 2.15 bits per heavy atom. The van der Waals surface area contributed by atoms with E-state index >= 15 is 0 Å². The molecule has 2 N–H and O–H groups in total. The van der Waals surface area contributed by atoms with Crippen molar-refractivity contribution in [3.05, 3.63) is 12.7 Å². The van der Waals surface area contributed by atoms with Crippen LogP contribution < -0.4 is 29.6 Å². The Morgan fingerprint density at radius 2 is 1.64 bits per heavy atom. The zero-order valence-corrected chi connectivity index (χ0v) is 23.2. The molecule has 0 amide bonds. The molecule has 0 aliphatic carbocycles. The summed E-state index contributed by atoms with van der Waals surface area (Å²) in [5.74, 6) is -0.736. The molecule has 1 rings (SSSR count). The number of hydrogen-bond acceptors (Lipinski definition) is 7. The van der Waals surface area contributed by atoms with Gasteiger partial charge in [0.1, 0.15) is 25.7 Å². The molecule has 1 aliphatic heterocycles. The molecule has 0 fully saturated rings. The van der Waals surface area contributed by atoms with Crippen LogP contribution in [-0.2, 0) is 14.9 Å². The molecule has 10 heteroatoms. The predicted octanol–water partition coefficient (Wildman–Crippen LogP) is -0.446. The Balaban J connectivity index is 0.0000102. The van der Waals surface area contributed by atoms with Crippen LogP contribution >= 0.6 is 0 Å². The van der Waals surface area contributed by atoms with Gasteiger partial charge < -0.3 is 14.8 Å². The van der Waals surface area contributed by atoms with E-state index in [-0.39, 0.29) is 65.4 Å². The number of amidine groups is 1. The predicted molar refractivity (Wildman–Crippen MR) is 125 cm³/mol. The summed E-state index contributed by atoms with van der Waals surface area (Å²) < 4.78 is 32.8. The number of aliphatic hydroxyl groups excluding tert-OH is 2. The molecular weight excluding hydrogens is 455 g/mol. The first-order chi connectivity index (χ1) is 15.2. The normalized spacial score (nSPS) is 19.1. The van der Waals surface area contributed by atoms with Gasteiger partial charge in [0.25, 0.3) is 5.84 Å². The van der Waals surface area contributed by atoms with Gasteiger partial charge in [-0.15, -0.1) is 6.58 Å². The van der Waals surface area contributed by atoms with Crippen molar-refractivity contribution in [3.8, 4) is 0 Å². The topological polar surface area (TPSA) is 127 Å². The fourth-order valence-electron chi connectivity index (χ4n) is 4.43. The summed E-state index contributed by atoms with van der Waals surface area (Å²) in [6, 6.07) is 0. The second-order valence-corrected chi connectivity index (χ2v) is 10.3. The average Bonchev–Trinajstić information content (AvgIpc) is 3.10. The maximum Gasteiger partial charge on any atom is 1.00 e. The van der Waals surface area contributed by atoms with Crippen molar-refractivity contribution >= 4 is 21.7 Å². The molecule has 0 bridgehead atoms. The van der Waals surface area contributed by atoms with E-state index in [1.807, 2.05) is 6.08 Å². The fraction of sp³-hybridized carbons (Fsp3) is 0.826. The number of ketones is 1. The summed E-state index contributed by atoms with van der Waals surface area (Å²) in [6.45, 7) is 4.35. The number of Topliss-reactive ketones (excluding diaryl/α,β-unsaturated/α-hetero) is 1. The van der Waals surface area contributed by atoms with Gasteiger partial charge in [-0.05, 0) is 19.3 Å². The molecule has 1 heterocycles. The molecule has 2 unspecified atom stereocenters. The summed E-state index contributed by atoms with van der Waals surface area (Å²) in [7, 11) is -4.58. The van der Waals surface area contributed by atoms with Gasteiger partial charge >= 0.3 is 29.6 Å². The van der Waals surface area contributed by atoms with E-state index in [2.05, 4.69) is 11.6 Å². The number of aliphatic hydroxyl groups is 2. The van der Waals surface area contributed by atoms with E-state index in [1.54, 1.807) is 0 Å². The molecule has 33 heavy (non-hydrogen) atoms. The zero-order chi connectivity index (χ0) is 23.9. The van der Waals surface area contributed by atoms with Gasteiger partial charge in [-0.1, -0.05) is 57.4 Å². The molecule has 0 saturated carbocycles. The molecule has 0 spiro atoms. The zero-order valence-electron chi connectivity index (χ0n) is 20.4. The minimum Gasteiger partial charge on any atom is -0.748 e. The molecule has 0 aromatic carbocycles. The van der Waals surface area contributed by atoms with Crippen molar-refractivity contribution in [3.63, 3.8) is 0 Å². The number of quaternary nitrogens is 1. The third-order valence-electron chi connectivity index (χ3n) is 6.04. The standard InChI is InChI=1S/C23H42N2O6S.Na/c1-2-3-4-5-6-7-8-9-10-11-12-13-14-22(28)23-24-15-16-25(23,17-18-26)19-21(27)20-32(29,30)31;/h2,21,26-27H,1,3-20H2;/q;+1. The van der Waals surface area contributed by atoms with Crippen LogP contribution in [0.4, 0.5) is 0 Å². The van der Waals surface area contributed by atoms with Gasteiger partial charge in [-0.25, -0.2) is 13.4 Å². The van der Waals surface area contributed by atoms with E-state index in [4.69, 9.17) is 0 Å². The minimum absolute atomic E-state index is 0. The molecule has 0 radical (unpaired) electrons. The number of hydrogen-bond donors (Lipinski definition) is 2. The van der Waals surface area contributed by atoms with Crippen LogP contribution in [0.3, 0.4) is 0 Å². The third-order valence-corrected chi connectivity index (χ3v) is 6.83. The van der Waals surface area contributed by atoms with Crippen LogP contribution in [0.15, 0.2) is 17.6 Å². The number of rotatable bonds is 20. The summed E-state index contributed by atoms with van der Waals surface area (Å²) in [6.07, 6.45) is 13.6. The molecule has 0 saturated heterocycles. The first-order valence-corrected chi connectivity index (χ1v) is 13.6. The first-order valence-electron chi connectivity index (χ1n) is 12.0. The van der Waals surface area contributed by atoms with Crippen LogP contribution in [-0.4, -0.2) is 83.9 Å². The molecule has 0 aromatic heterocycles. The Labute approximate surface area is 222 Å². The Bertz CT molecular complexity index is 701. The van der Waals surface area contributed by atoms with Gasteiger partial charge in [0.05, 0.1) is 29.0 Å². The number of carbonyl (C=O) groups is 1. The maximum atomic E-state index is 12.8. The summed E-state index contributed by atoms with van der Waals surface area (Å²) >= 11 is 0. The summed E-state index contributed by atoms with van der Waals surface area (Å²) in [4.78, 5) is 17.1.